The van der Waals surface area contributed by atoms with Crippen molar-refractivity contribution in [3.05, 3.63) is 24.3 Å². The topological polar surface area (TPSA) is 69.6 Å². The molecule has 1 amide bonds. The molecule has 1 saturated carbocycles. The zero-order valence-corrected chi connectivity index (χ0v) is 11.8. The molecule has 0 radical (unpaired) electrons. The zero-order valence-electron chi connectivity index (χ0n) is 11.8. The Bertz CT molecular complexity index is 514. The van der Waals surface area contributed by atoms with Crippen LogP contribution in [0.5, 0.6) is 0 Å². The summed E-state index contributed by atoms with van der Waals surface area (Å²) in [6.07, 6.45) is 1.68. The van der Waals surface area contributed by atoms with Gasteiger partial charge in [-0.3, -0.25) is 9.59 Å². The van der Waals surface area contributed by atoms with Crippen molar-refractivity contribution in [2.24, 2.45) is 11.8 Å². The van der Waals surface area contributed by atoms with Gasteiger partial charge in [-0.05, 0) is 37.5 Å². The lowest BCUT2D eigenvalue weighted by atomic mass is 10.0. The van der Waals surface area contributed by atoms with Crippen LogP contribution in [0.15, 0.2) is 24.3 Å². The van der Waals surface area contributed by atoms with Crippen molar-refractivity contribution in [3.63, 3.8) is 0 Å². The number of benzene rings is 1. The van der Waals surface area contributed by atoms with Gasteiger partial charge in [0.25, 0.3) is 0 Å². The normalized spacial score (nSPS) is 21.5. The summed E-state index contributed by atoms with van der Waals surface area (Å²) in [5.41, 5.74) is 1.76. The molecule has 0 spiro atoms. The standard InChI is InChI=1S/C15H20N2O3/c1-17(2)13-5-3-4-12(9-13)16-14(18)10-6-7-11(8-10)15(19)20/h3-5,9-11H,6-8H2,1-2H3,(H,16,18)(H,19,20). The molecule has 0 bridgehead atoms. The Morgan fingerprint density at radius 1 is 1.25 bits per heavy atom. The number of rotatable bonds is 4. The number of carboxylic acid groups (broad SMARTS) is 1. The molecule has 5 heteroatoms. The summed E-state index contributed by atoms with van der Waals surface area (Å²) >= 11 is 0. The second kappa shape index (κ2) is 5.94. The molecule has 0 aromatic heterocycles. The van der Waals surface area contributed by atoms with Crippen molar-refractivity contribution in [1.82, 2.24) is 0 Å². The number of carboxylic acids is 1. The minimum absolute atomic E-state index is 0.0790. The maximum Gasteiger partial charge on any atom is 0.306 e. The Morgan fingerprint density at radius 2 is 1.95 bits per heavy atom. The molecule has 2 atom stereocenters. The number of anilines is 2. The molecule has 1 aromatic carbocycles. The number of hydrogen-bond donors (Lipinski definition) is 2. The third kappa shape index (κ3) is 3.29. The molecular formula is C15H20N2O3. The molecule has 0 aliphatic heterocycles. The largest absolute Gasteiger partial charge is 0.481 e. The molecule has 2 N–H and O–H groups in total. The summed E-state index contributed by atoms with van der Waals surface area (Å²) < 4.78 is 0. The first-order valence-electron chi connectivity index (χ1n) is 6.78. The highest BCUT2D eigenvalue weighted by Crippen LogP contribution is 2.32. The van der Waals surface area contributed by atoms with Crippen LogP contribution in [0.3, 0.4) is 0 Å². The average Bonchev–Trinajstić information content (AvgIpc) is 2.88. The van der Waals surface area contributed by atoms with Crippen molar-refractivity contribution in [2.45, 2.75) is 19.3 Å². The van der Waals surface area contributed by atoms with Gasteiger partial charge in [-0.1, -0.05) is 6.07 Å². The highest BCUT2D eigenvalue weighted by molar-refractivity contribution is 5.93. The van der Waals surface area contributed by atoms with E-state index in [1.165, 1.54) is 0 Å². The predicted molar refractivity (Wildman–Crippen MR) is 77.9 cm³/mol. The number of carbonyl (C=O) groups excluding carboxylic acids is 1. The van der Waals surface area contributed by atoms with Crippen LogP contribution in [-0.2, 0) is 9.59 Å². The summed E-state index contributed by atoms with van der Waals surface area (Å²) in [6, 6.07) is 7.60. The quantitative estimate of drug-likeness (QED) is 0.884. The van der Waals surface area contributed by atoms with Crippen LogP contribution < -0.4 is 10.2 Å². The maximum atomic E-state index is 12.1. The van der Waals surface area contributed by atoms with Crippen LogP contribution in [0.25, 0.3) is 0 Å². The van der Waals surface area contributed by atoms with Crippen LogP contribution in [-0.4, -0.2) is 31.1 Å². The summed E-state index contributed by atoms with van der Waals surface area (Å²) in [4.78, 5) is 25.0. The van der Waals surface area contributed by atoms with Gasteiger partial charge < -0.3 is 15.3 Å². The Balaban J connectivity index is 1.98. The van der Waals surface area contributed by atoms with E-state index in [-0.39, 0.29) is 17.7 Å². The van der Waals surface area contributed by atoms with Crippen LogP contribution >= 0.6 is 0 Å². The molecule has 2 unspecified atom stereocenters. The highest BCUT2D eigenvalue weighted by Gasteiger charge is 2.33. The molecule has 0 heterocycles. The zero-order chi connectivity index (χ0) is 14.7. The fraction of sp³-hybridized carbons (Fsp3) is 0.467. The third-order valence-corrected chi connectivity index (χ3v) is 3.78. The molecular weight excluding hydrogens is 256 g/mol. The smallest absolute Gasteiger partial charge is 0.306 e. The van der Waals surface area contributed by atoms with Gasteiger partial charge in [0.2, 0.25) is 5.91 Å². The molecule has 2 rings (SSSR count). The molecule has 5 nitrogen and oxygen atoms in total. The summed E-state index contributed by atoms with van der Waals surface area (Å²) in [7, 11) is 3.88. The summed E-state index contributed by atoms with van der Waals surface area (Å²) in [5, 5.41) is 11.8. The second-order valence-electron chi connectivity index (χ2n) is 5.48. The van der Waals surface area contributed by atoms with Crippen LogP contribution in [0.2, 0.25) is 0 Å². The highest BCUT2D eigenvalue weighted by atomic mass is 16.4. The maximum absolute atomic E-state index is 12.1. The fourth-order valence-electron chi connectivity index (χ4n) is 2.55. The Labute approximate surface area is 118 Å². The SMILES string of the molecule is CN(C)c1cccc(NC(=O)C2CCC(C(=O)O)C2)c1. The van der Waals surface area contributed by atoms with E-state index in [0.29, 0.717) is 19.3 Å². The number of hydrogen-bond acceptors (Lipinski definition) is 3. The summed E-state index contributed by atoms with van der Waals surface area (Å²) in [5.74, 6) is -1.45. The van der Waals surface area contributed by atoms with E-state index in [9.17, 15) is 9.59 Å². The van der Waals surface area contributed by atoms with E-state index in [0.717, 1.165) is 11.4 Å². The number of nitrogens with one attached hydrogen (secondary N) is 1. The molecule has 1 aliphatic carbocycles. The van der Waals surface area contributed by atoms with Gasteiger partial charge in [0.1, 0.15) is 0 Å². The van der Waals surface area contributed by atoms with Gasteiger partial charge in [0, 0.05) is 31.4 Å². The molecule has 1 fully saturated rings. The van der Waals surface area contributed by atoms with E-state index >= 15 is 0 Å². The van der Waals surface area contributed by atoms with E-state index in [2.05, 4.69) is 5.32 Å². The molecule has 1 aromatic rings. The van der Waals surface area contributed by atoms with Crippen LogP contribution in [0.4, 0.5) is 11.4 Å². The molecule has 20 heavy (non-hydrogen) atoms. The van der Waals surface area contributed by atoms with E-state index in [1.54, 1.807) is 0 Å². The molecule has 1 aliphatic rings. The van der Waals surface area contributed by atoms with Crippen molar-refractivity contribution < 1.29 is 14.7 Å². The minimum Gasteiger partial charge on any atom is -0.481 e. The lowest BCUT2D eigenvalue weighted by Gasteiger charge is -2.15. The van der Waals surface area contributed by atoms with Gasteiger partial charge in [0.05, 0.1) is 5.92 Å². The Hall–Kier alpha value is -2.04. The van der Waals surface area contributed by atoms with Gasteiger partial charge >= 0.3 is 5.97 Å². The van der Waals surface area contributed by atoms with E-state index in [4.69, 9.17) is 5.11 Å². The van der Waals surface area contributed by atoms with Gasteiger partial charge in [-0.25, -0.2) is 0 Å². The first kappa shape index (κ1) is 14.4. The van der Waals surface area contributed by atoms with Crippen LogP contribution in [0, 0.1) is 11.8 Å². The van der Waals surface area contributed by atoms with Gasteiger partial charge in [-0.15, -0.1) is 0 Å². The van der Waals surface area contributed by atoms with Crippen molar-refractivity contribution in [2.75, 3.05) is 24.3 Å². The predicted octanol–water partition coefficient (Wildman–Crippen LogP) is 2.19. The van der Waals surface area contributed by atoms with Crippen LogP contribution in [0.1, 0.15) is 19.3 Å². The van der Waals surface area contributed by atoms with Crippen molar-refractivity contribution in [3.8, 4) is 0 Å². The number of aliphatic carboxylic acids is 1. The van der Waals surface area contributed by atoms with E-state index < -0.39 is 5.97 Å². The summed E-state index contributed by atoms with van der Waals surface area (Å²) in [6.45, 7) is 0. The lowest BCUT2D eigenvalue weighted by Crippen LogP contribution is -2.21. The number of nitrogens with zero attached hydrogens (tertiary/aromatic N) is 1. The monoisotopic (exact) mass is 276 g/mol. The van der Waals surface area contributed by atoms with Gasteiger partial charge in [0.15, 0.2) is 0 Å². The molecule has 0 saturated heterocycles. The lowest BCUT2D eigenvalue weighted by molar-refractivity contribution is -0.141. The van der Waals surface area contributed by atoms with Gasteiger partial charge in [-0.2, -0.15) is 0 Å². The Kier molecular flexibility index (Phi) is 4.27. The first-order valence-corrected chi connectivity index (χ1v) is 6.78. The second-order valence-corrected chi connectivity index (χ2v) is 5.48. The van der Waals surface area contributed by atoms with Crippen molar-refractivity contribution in [1.29, 1.82) is 0 Å². The third-order valence-electron chi connectivity index (χ3n) is 3.78. The number of carbonyl (C=O) groups is 2. The average molecular weight is 276 g/mol. The first-order chi connectivity index (χ1) is 9.47. The Morgan fingerprint density at radius 3 is 2.55 bits per heavy atom. The minimum atomic E-state index is -0.796. The molecule has 108 valence electrons. The van der Waals surface area contributed by atoms with E-state index in [1.807, 2.05) is 43.3 Å². The van der Waals surface area contributed by atoms with Crippen molar-refractivity contribution >= 4 is 23.3 Å². The number of amides is 1. The fourth-order valence-corrected chi connectivity index (χ4v) is 2.55.